The zero-order valence-corrected chi connectivity index (χ0v) is 18.0. The standard InChI is InChI=1S/C20H27ClN2O4S/c1-13-4-6-15(7-5-13)28(24,25)23-22-17-8-14-9-20(10-16(14)18(17)21)26-11-19(2,3)12-27-20/h4-7,14,16,18,23H,8-12H2,1-3H3/b22-17+/t14-,16+,18?/m1/s1. The van der Waals surface area contributed by atoms with E-state index in [-0.39, 0.29) is 21.6 Å². The highest BCUT2D eigenvalue weighted by Gasteiger charge is 2.56. The van der Waals surface area contributed by atoms with E-state index in [1.54, 1.807) is 24.3 Å². The molecule has 1 spiro atoms. The molecule has 1 saturated heterocycles. The molecule has 3 aliphatic rings. The summed E-state index contributed by atoms with van der Waals surface area (Å²) in [5, 5.41) is 3.87. The molecule has 1 aromatic carbocycles. The first kappa shape index (κ1) is 20.1. The van der Waals surface area contributed by atoms with Crippen molar-refractivity contribution in [3.8, 4) is 0 Å². The maximum Gasteiger partial charge on any atom is 0.276 e. The largest absolute Gasteiger partial charge is 0.349 e. The summed E-state index contributed by atoms with van der Waals surface area (Å²) in [4.78, 5) is 2.54. The first-order chi connectivity index (χ1) is 13.1. The Labute approximate surface area is 171 Å². The lowest BCUT2D eigenvalue weighted by Crippen LogP contribution is -2.46. The number of fused-ring (bicyclic) bond motifs is 1. The maximum absolute atomic E-state index is 12.5. The van der Waals surface area contributed by atoms with Crippen LogP contribution in [0.15, 0.2) is 34.3 Å². The predicted molar refractivity (Wildman–Crippen MR) is 108 cm³/mol. The third kappa shape index (κ3) is 3.82. The van der Waals surface area contributed by atoms with Gasteiger partial charge in [0.1, 0.15) is 0 Å². The van der Waals surface area contributed by atoms with Gasteiger partial charge in [0.2, 0.25) is 0 Å². The number of nitrogens with zero attached hydrogens (tertiary/aromatic N) is 1. The second kappa shape index (κ2) is 6.97. The molecular formula is C20H27ClN2O4S. The van der Waals surface area contributed by atoms with Crippen LogP contribution in [0, 0.1) is 24.2 Å². The molecule has 1 aromatic rings. The summed E-state index contributed by atoms with van der Waals surface area (Å²) in [6.07, 6.45) is 2.17. The van der Waals surface area contributed by atoms with Crippen molar-refractivity contribution >= 4 is 27.3 Å². The van der Waals surface area contributed by atoms with E-state index in [0.29, 0.717) is 31.3 Å². The van der Waals surface area contributed by atoms with Crippen LogP contribution >= 0.6 is 11.6 Å². The van der Waals surface area contributed by atoms with Gasteiger partial charge in [-0.1, -0.05) is 31.5 Å². The summed E-state index contributed by atoms with van der Waals surface area (Å²) in [5.74, 6) is -0.0536. The molecule has 0 radical (unpaired) electrons. The van der Waals surface area contributed by atoms with Gasteiger partial charge in [-0.3, -0.25) is 0 Å². The van der Waals surface area contributed by atoms with Crippen LogP contribution in [-0.4, -0.2) is 38.5 Å². The van der Waals surface area contributed by atoms with Crippen LogP contribution in [0.4, 0.5) is 0 Å². The van der Waals surface area contributed by atoms with E-state index in [2.05, 4.69) is 23.8 Å². The van der Waals surface area contributed by atoms with Gasteiger partial charge in [-0.05, 0) is 37.3 Å². The third-order valence-corrected chi connectivity index (χ3v) is 7.78. The van der Waals surface area contributed by atoms with E-state index in [9.17, 15) is 8.42 Å². The van der Waals surface area contributed by atoms with E-state index >= 15 is 0 Å². The Balaban J connectivity index is 1.42. The molecule has 2 aliphatic carbocycles. The Morgan fingerprint density at radius 1 is 1.14 bits per heavy atom. The van der Waals surface area contributed by atoms with Crippen molar-refractivity contribution in [2.24, 2.45) is 22.4 Å². The normalized spacial score (nSPS) is 32.6. The fourth-order valence-electron chi connectivity index (χ4n) is 4.32. The third-order valence-electron chi connectivity index (χ3n) is 5.98. The van der Waals surface area contributed by atoms with Gasteiger partial charge in [0.15, 0.2) is 5.79 Å². The molecule has 1 aliphatic heterocycles. The van der Waals surface area contributed by atoms with Crippen LogP contribution in [0.1, 0.15) is 38.7 Å². The molecule has 3 atom stereocenters. The summed E-state index contributed by atoms with van der Waals surface area (Å²) in [6, 6.07) is 6.67. The van der Waals surface area contributed by atoms with Gasteiger partial charge >= 0.3 is 0 Å². The fraction of sp³-hybridized carbons (Fsp3) is 0.650. The number of benzene rings is 1. The van der Waals surface area contributed by atoms with Crippen LogP contribution in [0.5, 0.6) is 0 Å². The number of nitrogens with one attached hydrogen (secondary N) is 1. The van der Waals surface area contributed by atoms with Gasteiger partial charge in [0, 0.05) is 18.3 Å². The van der Waals surface area contributed by atoms with Gasteiger partial charge in [-0.25, -0.2) is 4.83 Å². The molecule has 154 valence electrons. The number of aryl methyl sites for hydroxylation is 1. The Bertz CT molecular complexity index is 872. The minimum absolute atomic E-state index is 0.0319. The lowest BCUT2D eigenvalue weighted by atomic mass is 9.94. The highest BCUT2D eigenvalue weighted by Crippen LogP contribution is 2.53. The summed E-state index contributed by atoms with van der Waals surface area (Å²) >= 11 is 6.66. The summed E-state index contributed by atoms with van der Waals surface area (Å²) in [7, 11) is -3.70. The Morgan fingerprint density at radius 3 is 2.39 bits per heavy atom. The van der Waals surface area contributed by atoms with Crippen molar-refractivity contribution in [1.29, 1.82) is 0 Å². The van der Waals surface area contributed by atoms with Gasteiger partial charge in [0.05, 0.1) is 29.2 Å². The molecule has 3 fully saturated rings. The van der Waals surface area contributed by atoms with Gasteiger partial charge in [-0.2, -0.15) is 13.5 Å². The van der Waals surface area contributed by atoms with Gasteiger partial charge < -0.3 is 9.47 Å². The molecule has 0 bridgehead atoms. The van der Waals surface area contributed by atoms with Crippen molar-refractivity contribution < 1.29 is 17.9 Å². The van der Waals surface area contributed by atoms with Crippen molar-refractivity contribution in [2.45, 2.75) is 56.1 Å². The van der Waals surface area contributed by atoms with E-state index in [1.807, 2.05) is 6.92 Å². The number of ether oxygens (including phenoxy) is 2. The number of hydrogen-bond donors (Lipinski definition) is 1. The van der Waals surface area contributed by atoms with E-state index in [1.165, 1.54) is 0 Å². The molecular weight excluding hydrogens is 400 g/mol. The maximum atomic E-state index is 12.5. The zero-order valence-electron chi connectivity index (χ0n) is 16.4. The van der Waals surface area contributed by atoms with Crippen LogP contribution in [0.3, 0.4) is 0 Å². The summed E-state index contributed by atoms with van der Waals surface area (Å²) in [6.45, 7) is 7.52. The second-order valence-electron chi connectivity index (χ2n) is 9.10. The van der Waals surface area contributed by atoms with E-state index < -0.39 is 15.8 Å². The van der Waals surface area contributed by atoms with Crippen LogP contribution < -0.4 is 4.83 Å². The van der Waals surface area contributed by atoms with Crippen LogP contribution in [-0.2, 0) is 19.5 Å². The minimum atomic E-state index is -3.70. The number of sulfonamides is 1. The lowest BCUT2D eigenvalue weighted by Gasteiger charge is -2.42. The molecule has 28 heavy (non-hydrogen) atoms. The monoisotopic (exact) mass is 426 g/mol. The Hall–Kier alpha value is -1.15. The molecule has 1 heterocycles. The highest BCUT2D eigenvalue weighted by molar-refractivity contribution is 7.89. The first-order valence-electron chi connectivity index (χ1n) is 9.66. The molecule has 6 nitrogen and oxygen atoms in total. The SMILES string of the molecule is Cc1ccc(S(=O)(=O)N/N=C2\C[C@@H]3CC4(C[C@@H]3C2Cl)OCC(C)(C)CO4)cc1. The van der Waals surface area contributed by atoms with E-state index in [0.717, 1.165) is 18.4 Å². The number of rotatable bonds is 3. The van der Waals surface area contributed by atoms with Crippen molar-refractivity contribution in [1.82, 2.24) is 4.83 Å². The number of hydrazone groups is 1. The quantitative estimate of drug-likeness (QED) is 0.593. The van der Waals surface area contributed by atoms with Crippen molar-refractivity contribution in [3.05, 3.63) is 29.8 Å². The zero-order chi connectivity index (χ0) is 20.2. The molecule has 1 N–H and O–H groups in total. The Kier molecular flexibility index (Phi) is 5.01. The Morgan fingerprint density at radius 2 is 1.79 bits per heavy atom. The number of halogens is 1. The second-order valence-corrected chi connectivity index (χ2v) is 11.2. The smallest absolute Gasteiger partial charge is 0.276 e. The highest BCUT2D eigenvalue weighted by atomic mass is 35.5. The average Bonchev–Trinajstić information content (AvgIpc) is 3.13. The van der Waals surface area contributed by atoms with Gasteiger partial charge in [0.25, 0.3) is 10.0 Å². The molecule has 1 unspecified atom stereocenters. The lowest BCUT2D eigenvalue weighted by molar-refractivity contribution is -0.297. The first-order valence-corrected chi connectivity index (χ1v) is 11.6. The number of alkyl halides is 1. The fourth-order valence-corrected chi connectivity index (χ4v) is 5.59. The molecule has 4 rings (SSSR count). The van der Waals surface area contributed by atoms with Gasteiger partial charge in [-0.15, -0.1) is 11.6 Å². The average molecular weight is 427 g/mol. The molecule has 0 amide bonds. The molecule has 8 heteroatoms. The minimum Gasteiger partial charge on any atom is -0.349 e. The molecule has 0 aromatic heterocycles. The predicted octanol–water partition coefficient (Wildman–Crippen LogP) is 3.44. The molecule has 2 saturated carbocycles. The number of hydrogen-bond acceptors (Lipinski definition) is 5. The van der Waals surface area contributed by atoms with Crippen molar-refractivity contribution in [3.63, 3.8) is 0 Å². The summed E-state index contributed by atoms with van der Waals surface area (Å²) < 4.78 is 37.1. The topological polar surface area (TPSA) is 77.0 Å². The van der Waals surface area contributed by atoms with E-state index in [4.69, 9.17) is 21.1 Å². The summed E-state index contributed by atoms with van der Waals surface area (Å²) in [5.41, 5.74) is 1.72. The van der Waals surface area contributed by atoms with Crippen LogP contribution in [0.2, 0.25) is 0 Å². The van der Waals surface area contributed by atoms with Crippen molar-refractivity contribution in [2.75, 3.05) is 13.2 Å². The van der Waals surface area contributed by atoms with Crippen LogP contribution in [0.25, 0.3) is 0 Å².